The molecule has 0 aliphatic carbocycles. The number of benzene rings is 1. The van der Waals surface area contributed by atoms with Crippen LogP contribution in [0.3, 0.4) is 0 Å². The molecule has 20 heavy (non-hydrogen) atoms. The summed E-state index contributed by atoms with van der Waals surface area (Å²) in [6.07, 6.45) is 0.630. The molecule has 0 aromatic heterocycles. The molecule has 0 aliphatic heterocycles. The predicted octanol–water partition coefficient (Wildman–Crippen LogP) is 1.63. The van der Waals surface area contributed by atoms with Gasteiger partial charge in [-0.15, -0.1) is 0 Å². The number of methoxy groups -OCH3 is 1. The summed E-state index contributed by atoms with van der Waals surface area (Å²) >= 11 is 0. The Balaban J connectivity index is 2.89. The molecule has 6 nitrogen and oxygen atoms in total. The van der Waals surface area contributed by atoms with Gasteiger partial charge in [0, 0.05) is 5.56 Å². The van der Waals surface area contributed by atoms with Crippen molar-refractivity contribution in [1.82, 2.24) is 5.32 Å². The van der Waals surface area contributed by atoms with Crippen molar-refractivity contribution in [2.45, 2.75) is 26.3 Å². The van der Waals surface area contributed by atoms with Crippen LogP contribution >= 0.6 is 0 Å². The lowest BCUT2D eigenvalue weighted by molar-refractivity contribution is -0.140. The zero-order valence-electron chi connectivity index (χ0n) is 11.7. The second kappa shape index (κ2) is 6.79. The topological polar surface area (TPSA) is 95.9 Å². The number of phenols is 1. The zero-order chi connectivity index (χ0) is 15.3. The van der Waals surface area contributed by atoms with Gasteiger partial charge in [-0.1, -0.05) is 20.3 Å². The monoisotopic (exact) mass is 281 g/mol. The molecule has 2 atom stereocenters. The SMILES string of the molecule is CC[C@H](C)[C@H](NC(=O)c1ccc(OC)c(O)c1)C(=O)O. The van der Waals surface area contributed by atoms with E-state index < -0.39 is 17.9 Å². The van der Waals surface area contributed by atoms with Crippen LogP contribution in [0, 0.1) is 5.92 Å². The van der Waals surface area contributed by atoms with Crippen molar-refractivity contribution in [1.29, 1.82) is 0 Å². The number of hydrogen-bond acceptors (Lipinski definition) is 4. The Hall–Kier alpha value is -2.24. The number of carbonyl (C=O) groups is 2. The number of amides is 1. The van der Waals surface area contributed by atoms with Crippen molar-refractivity contribution in [3.05, 3.63) is 23.8 Å². The van der Waals surface area contributed by atoms with Crippen LogP contribution in [0.25, 0.3) is 0 Å². The molecule has 6 heteroatoms. The van der Waals surface area contributed by atoms with Crippen LogP contribution in [-0.2, 0) is 4.79 Å². The normalized spacial score (nSPS) is 13.3. The van der Waals surface area contributed by atoms with Crippen molar-refractivity contribution in [2.75, 3.05) is 7.11 Å². The Bertz CT molecular complexity index is 500. The summed E-state index contributed by atoms with van der Waals surface area (Å²) in [5, 5.41) is 21.2. The zero-order valence-corrected chi connectivity index (χ0v) is 11.7. The molecule has 0 bridgehead atoms. The van der Waals surface area contributed by atoms with Gasteiger partial charge in [-0.2, -0.15) is 0 Å². The van der Waals surface area contributed by atoms with E-state index in [0.717, 1.165) is 0 Å². The number of aliphatic carboxylic acids is 1. The quantitative estimate of drug-likeness (QED) is 0.736. The van der Waals surface area contributed by atoms with Crippen LogP contribution in [0.15, 0.2) is 18.2 Å². The van der Waals surface area contributed by atoms with Crippen LogP contribution in [0.5, 0.6) is 11.5 Å². The molecule has 110 valence electrons. The van der Waals surface area contributed by atoms with Crippen LogP contribution in [0.2, 0.25) is 0 Å². The molecule has 0 radical (unpaired) electrons. The van der Waals surface area contributed by atoms with Gasteiger partial charge in [-0.3, -0.25) is 4.79 Å². The molecular weight excluding hydrogens is 262 g/mol. The molecule has 3 N–H and O–H groups in total. The predicted molar refractivity (Wildman–Crippen MR) is 73.0 cm³/mol. The van der Waals surface area contributed by atoms with Crippen LogP contribution in [0.4, 0.5) is 0 Å². The van der Waals surface area contributed by atoms with E-state index in [0.29, 0.717) is 6.42 Å². The van der Waals surface area contributed by atoms with Crippen molar-refractivity contribution in [3.63, 3.8) is 0 Å². The molecular formula is C14H19NO5. The number of rotatable bonds is 6. The summed E-state index contributed by atoms with van der Waals surface area (Å²) in [4.78, 5) is 23.2. The van der Waals surface area contributed by atoms with Crippen molar-refractivity contribution in [3.8, 4) is 11.5 Å². The van der Waals surface area contributed by atoms with E-state index in [9.17, 15) is 14.7 Å². The maximum absolute atomic E-state index is 12.0. The maximum Gasteiger partial charge on any atom is 0.326 e. The van der Waals surface area contributed by atoms with E-state index in [4.69, 9.17) is 9.84 Å². The van der Waals surface area contributed by atoms with Crippen molar-refractivity contribution in [2.24, 2.45) is 5.92 Å². The third-order valence-electron chi connectivity index (χ3n) is 3.21. The Morgan fingerprint density at radius 2 is 2.05 bits per heavy atom. The number of nitrogens with one attached hydrogen (secondary N) is 1. The number of hydrogen-bond donors (Lipinski definition) is 3. The summed E-state index contributed by atoms with van der Waals surface area (Å²) in [7, 11) is 1.40. The van der Waals surface area contributed by atoms with Crippen LogP contribution in [-0.4, -0.2) is 35.2 Å². The molecule has 1 aromatic carbocycles. The number of carboxylic acids is 1. The van der Waals surface area contributed by atoms with Gasteiger partial charge in [0.1, 0.15) is 6.04 Å². The fourth-order valence-electron chi connectivity index (χ4n) is 1.74. The van der Waals surface area contributed by atoms with Gasteiger partial charge < -0.3 is 20.3 Å². The second-order valence-corrected chi connectivity index (χ2v) is 4.56. The first-order valence-corrected chi connectivity index (χ1v) is 6.31. The first-order valence-electron chi connectivity index (χ1n) is 6.31. The van der Waals surface area contributed by atoms with Crippen molar-refractivity contribution >= 4 is 11.9 Å². The molecule has 0 saturated heterocycles. The van der Waals surface area contributed by atoms with E-state index in [1.807, 2.05) is 6.92 Å². The van der Waals surface area contributed by atoms with Gasteiger partial charge in [-0.25, -0.2) is 4.79 Å². The molecule has 1 rings (SSSR count). The number of carboxylic acid groups (broad SMARTS) is 1. The van der Waals surface area contributed by atoms with Gasteiger partial charge in [0.05, 0.1) is 7.11 Å². The fourth-order valence-corrected chi connectivity index (χ4v) is 1.74. The number of ether oxygens (including phenoxy) is 1. The molecule has 0 saturated carbocycles. The summed E-state index contributed by atoms with van der Waals surface area (Å²) < 4.78 is 4.88. The Morgan fingerprint density at radius 3 is 2.50 bits per heavy atom. The third-order valence-corrected chi connectivity index (χ3v) is 3.21. The summed E-state index contributed by atoms with van der Waals surface area (Å²) in [5.41, 5.74) is 0.179. The lowest BCUT2D eigenvalue weighted by atomic mass is 9.99. The number of carbonyl (C=O) groups excluding carboxylic acids is 1. The maximum atomic E-state index is 12.0. The summed E-state index contributed by atoms with van der Waals surface area (Å²) in [6, 6.07) is 3.19. The summed E-state index contributed by atoms with van der Waals surface area (Å²) in [5.74, 6) is -1.74. The van der Waals surface area contributed by atoms with Gasteiger partial charge in [-0.05, 0) is 24.1 Å². The number of aromatic hydroxyl groups is 1. The van der Waals surface area contributed by atoms with Gasteiger partial charge in [0.2, 0.25) is 0 Å². The highest BCUT2D eigenvalue weighted by atomic mass is 16.5. The van der Waals surface area contributed by atoms with E-state index in [1.54, 1.807) is 6.92 Å². The number of phenolic OH excluding ortho intramolecular Hbond substituents is 1. The standard InChI is InChI=1S/C14H19NO5/c1-4-8(2)12(14(18)19)15-13(17)9-5-6-11(20-3)10(16)7-9/h5-8,12,16H,4H2,1-3H3,(H,15,17)(H,18,19)/t8-,12-/m0/s1. The first-order chi connectivity index (χ1) is 9.40. The minimum absolute atomic E-state index is 0.171. The van der Waals surface area contributed by atoms with E-state index >= 15 is 0 Å². The second-order valence-electron chi connectivity index (χ2n) is 4.56. The molecule has 1 amide bonds. The molecule has 0 spiro atoms. The lowest BCUT2D eigenvalue weighted by Crippen LogP contribution is -2.45. The van der Waals surface area contributed by atoms with E-state index in [-0.39, 0.29) is 23.0 Å². The minimum Gasteiger partial charge on any atom is -0.504 e. The molecule has 0 fully saturated rings. The average molecular weight is 281 g/mol. The fraction of sp³-hybridized carbons (Fsp3) is 0.429. The molecule has 0 unspecified atom stereocenters. The van der Waals surface area contributed by atoms with Gasteiger partial charge in [0.15, 0.2) is 11.5 Å². The van der Waals surface area contributed by atoms with Crippen LogP contribution in [0.1, 0.15) is 30.6 Å². The minimum atomic E-state index is -1.08. The smallest absolute Gasteiger partial charge is 0.326 e. The largest absolute Gasteiger partial charge is 0.504 e. The highest BCUT2D eigenvalue weighted by molar-refractivity contribution is 5.97. The third kappa shape index (κ3) is 3.63. The highest BCUT2D eigenvalue weighted by Gasteiger charge is 2.25. The molecule has 0 heterocycles. The van der Waals surface area contributed by atoms with Gasteiger partial charge in [0.25, 0.3) is 5.91 Å². The van der Waals surface area contributed by atoms with Crippen molar-refractivity contribution < 1.29 is 24.5 Å². The summed E-state index contributed by atoms with van der Waals surface area (Å²) in [6.45, 7) is 3.61. The molecule has 0 aliphatic rings. The van der Waals surface area contributed by atoms with E-state index in [2.05, 4.69) is 5.32 Å². The average Bonchev–Trinajstić information content (AvgIpc) is 2.43. The Labute approximate surface area is 117 Å². The lowest BCUT2D eigenvalue weighted by Gasteiger charge is -2.20. The highest BCUT2D eigenvalue weighted by Crippen LogP contribution is 2.26. The first kappa shape index (κ1) is 15.8. The van der Waals surface area contributed by atoms with Crippen LogP contribution < -0.4 is 10.1 Å². The Kier molecular flexibility index (Phi) is 5.37. The van der Waals surface area contributed by atoms with E-state index in [1.165, 1.54) is 25.3 Å². The van der Waals surface area contributed by atoms with Gasteiger partial charge >= 0.3 is 5.97 Å². The Morgan fingerprint density at radius 1 is 1.40 bits per heavy atom. The molecule has 1 aromatic rings.